The van der Waals surface area contributed by atoms with Gasteiger partial charge in [-0.2, -0.15) is 0 Å². The van der Waals surface area contributed by atoms with Crippen LogP contribution in [0.3, 0.4) is 0 Å². The molecule has 0 heterocycles. The van der Waals surface area contributed by atoms with Crippen LogP contribution in [0.15, 0.2) is 0 Å². The molecule has 0 fully saturated rings. The maximum absolute atomic E-state index is 12.2. The second kappa shape index (κ2) is 14.3. The van der Waals surface area contributed by atoms with Gasteiger partial charge in [-0.1, -0.05) is 0 Å². The molecule has 0 aromatic carbocycles. The summed E-state index contributed by atoms with van der Waals surface area (Å²) in [7, 11) is 0. The van der Waals surface area contributed by atoms with Gasteiger partial charge in [-0.15, -0.1) is 0 Å². The van der Waals surface area contributed by atoms with E-state index in [0.29, 0.717) is 13.3 Å². The minimum atomic E-state index is -1.51. The van der Waals surface area contributed by atoms with Crippen molar-refractivity contribution in [3.63, 3.8) is 0 Å². The van der Waals surface area contributed by atoms with E-state index in [1.54, 1.807) is 0 Å². The summed E-state index contributed by atoms with van der Waals surface area (Å²) < 4.78 is 0. The molecule has 2 atom stereocenters. The fourth-order valence-electron chi connectivity index (χ4n) is 1.79. The molecule has 0 saturated heterocycles. The molecule has 8 nitrogen and oxygen atoms in total. The zero-order valence-electron chi connectivity index (χ0n) is 14.4. The molecule has 0 aliphatic rings. The fraction of sp³-hybridized carbons (Fsp3) is 0.714. The van der Waals surface area contributed by atoms with E-state index in [0.717, 1.165) is 0 Å². The van der Waals surface area contributed by atoms with Crippen molar-refractivity contribution in [3.05, 3.63) is 0 Å². The molecule has 0 saturated carbocycles. The van der Waals surface area contributed by atoms with Crippen molar-refractivity contribution in [2.45, 2.75) is 64.6 Å². The number of amides is 1. The number of carbonyl (C=O) groups is 4. The van der Waals surface area contributed by atoms with E-state index < -0.39 is 41.9 Å². The first-order chi connectivity index (χ1) is 11.3. The van der Waals surface area contributed by atoms with Gasteiger partial charge in [0.1, 0.15) is 11.8 Å². The molecule has 0 aliphatic carbocycles. The molecule has 0 aromatic heterocycles. The van der Waals surface area contributed by atoms with Crippen molar-refractivity contribution in [3.8, 4) is 0 Å². The van der Waals surface area contributed by atoms with Crippen molar-refractivity contribution in [1.82, 2.24) is 10.6 Å². The first-order valence-electron chi connectivity index (χ1n) is 7.23. The van der Waals surface area contributed by atoms with E-state index in [1.807, 2.05) is 20.8 Å². The van der Waals surface area contributed by atoms with Gasteiger partial charge in [0.15, 0.2) is 0 Å². The Hall–Kier alpha value is 0.230. The third kappa shape index (κ3) is 17.4. The van der Waals surface area contributed by atoms with Gasteiger partial charge in [-0.25, -0.2) is 4.79 Å². The van der Waals surface area contributed by atoms with Gasteiger partial charge >= 0.3 is 62.4 Å². The zero-order chi connectivity index (χ0) is 20.2. The second-order valence-electron chi connectivity index (χ2n) is 6.24. The monoisotopic (exact) mass is 697 g/mol. The molecule has 0 radical (unpaired) electrons. The summed E-state index contributed by atoms with van der Waals surface area (Å²) in [6, 6.07) is -2.29. The maximum atomic E-state index is 12.2. The zero-order valence-corrected chi connectivity index (χ0v) is 20.9. The summed E-state index contributed by atoms with van der Waals surface area (Å²) in [6.07, 6.45) is -0.342. The molecule has 1 amide bonds. The van der Waals surface area contributed by atoms with E-state index in [2.05, 4.69) is 47.9 Å². The topological polar surface area (TPSA) is 133 Å². The predicted molar refractivity (Wildman–Crippen MR) is 106 cm³/mol. The molecule has 4 N–H and O–H groups in total. The van der Waals surface area contributed by atoms with Crippen LogP contribution < -0.4 is 23.9 Å². The predicted octanol–water partition coefficient (Wildman–Crippen LogP) is -1.07. The quantitative estimate of drug-likeness (QED) is 0.226. The Morgan fingerprint density at radius 1 is 1.08 bits per heavy atom. The number of carbonyl (C=O) groups excluding carboxylic acids is 2. The van der Waals surface area contributed by atoms with Gasteiger partial charge in [0.05, 0.1) is 12.5 Å². The van der Waals surface area contributed by atoms with Crippen LogP contribution in [0.5, 0.6) is 0 Å². The van der Waals surface area contributed by atoms with Crippen molar-refractivity contribution < 1.29 is 42.6 Å². The Bertz CT molecular complexity index is 468. The van der Waals surface area contributed by atoms with Crippen LogP contribution in [0, 0.1) is 0 Å². The number of aliphatic carboxylic acids is 2. The normalized spacial score (nSPS) is 13.2. The molecular weight excluding hydrogens is 673 g/mol. The Balaban J connectivity index is 0. The summed E-state index contributed by atoms with van der Waals surface area (Å²) in [6.45, 7) is 6.88. The van der Waals surface area contributed by atoms with Gasteiger partial charge in [-0.05, 0) is 34.1 Å². The molecule has 0 aliphatic heterocycles. The van der Waals surface area contributed by atoms with Gasteiger partial charge < -0.3 is 25.6 Å². The molecule has 148 valence electrons. The van der Waals surface area contributed by atoms with Crippen LogP contribution in [0.1, 0.15) is 47.0 Å². The van der Waals surface area contributed by atoms with E-state index in [4.69, 9.17) is 10.2 Å². The molecular formula is C14H24I3N2O6-. The van der Waals surface area contributed by atoms with E-state index in [1.165, 1.54) is 6.92 Å². The molecule has 0 rings (SSSR count). The van der Waals surface area contributed by atoms with Gasteiger partial charge in [0, 0.05) is 12.0 Å². The number of carboxylic acids is 2. The molecule has 0 spiro atoms. The minimum absolute atomic E-state index is 0.0890. The Morgan fingerprint density at radius 3 is 1.88 bits per heavy atom. The van der Waals surface area contributed by atoms with E-state index in [-0.39, 0.29) is 18.6 Å². The Morgan fingerprint density at radius 2 is 1.56 bits per heavy atom. The number of nitrogens with one attached hydrogen (secondary N) is 2. The number of halogens is 3. The molecule has 11 heteroatoms. The first kappa shape index (κ1) is 27.4. The van der Waals surface area contributed by atoms with Crippen LogP contribution >= 0.6 is 37.2 Å². The van der Waals surface area contributed by atoms with E-state index >= 15 is 0 Å². The molecule has 0 aromatic rings. The molecule has 0 unspecified atom stereocenters. The number of ketones is 1. The van der Waals surface area contributed by atoms with Crippen molar-refractivity contribution in [2.24, 2.45) is 0 Å². The van der Waals surface area contributed by atoms with Crippen LogP contribution in [0.25, 0.3) is 0 Å². The van der Waals surface area contributed by atoms with Gasteiger partial charge in [0.25, 0.3) is 0 Å². The first-order valence-corrected chi connectivity index (χ1v) is 19.8. The summed E-state index contributed by atoms with van der Waals surface area (Å²) in [5, 5.41) is 22.8. The number of hydrogen-bond donors (Lipinski definition) is 4. The number of Topliss-reactive ketones (excluding diaryl/α,β-unsaturated/α-hetero) is 1. The Labute approximate surface area is 177 Å². The molecule has 25 heavy (non-hydrogen) atoms. The summed E-state index contributed by atoms with van der Waals surface area (Å²) >= 11 is 5.30. The summed E-state index contributed by atoms with van der Waals surface area (Å²) in [4.78, 5) is 44.9. The second-order valence-corrected chi connectivity index (χ2v) is 22.5. The Kier molecular flexibility index (Phi) is 15.7. The van der Waals surface area contributed by atoms with Crippen LogP contribution in [0.4, 0.5) is 0 Å². The van der Waals surface area contributed by atoms with Crippen molar-refractivity contribution in [2.75, 3.05) is 0 Å². The van der Waals surface area contributed by atoms with Crippen molar-refractivity contribution >= 4 is 60.9 Å². The standard InChI is InChI=1S/C14H24N2O6.I3/c1-8(17)5-6-9(16-14(2,3)4)12(20)15-10(13(21)22)7-11(18)19;1-3-2/h9-10,16H,5-7H2,1-4H3,(H,15,20)(H,18,19)(H,21,22);/q;-1/t9-,10-;/m0./s1. The third-order valence-corrected chi connectivity index (χ3v) is 2.70. The van der Waals surface area contributed by atoms with Crippen LogP contribution in [-0.4, -0.2) is 51.5 Å². The van der Waals surface area contributed by atoms with Crippen LogP contribution in [-0.2, 0) is 19.2 Å². The number of rotatable bonds is 9. The summed E-state index contributed by atoms with van der Waals surface area (Å²) in [5.41, 5.74) is -0.426. The molecule has 0 bridgehead atoms. The van der Waals surface area contributed by atoms with Crippen molar-refractivity contribution in [1.29, 1.82) is 0 Å². The van der Waals surface area contributed by atoms with Gasteiger partial charge in [0.2, 0.25) is 5.91 Å². The average molecular weight is 697 g/mol. The SMILES string of the molecule is CC(=O)CC[C@H](NC(C)(C)C)C(=O)N[C@@H](CC(=O)O)C(=O)O.I[I-]I. The van der Waals surface area contributed by atoms with Gasteiger partial charge in [-0.3, -0.25) is 9.59 Å². The number of hydrogen-bond acceptors (Lipinski definition) is 5. The van der Waals surface area contributed by atoms with E-state index in [9.17, 15) is 19.2 Å². The summed E-state index contributed by atoms with van der Waals surface area (Å²) in [5.74, 6) is -3.47. The number of carboxylic acid groups (broad SMARTS) is 2. The average Bonchev–Trinajstić information content (AvgIpc) is 2.41. The fourth-order valence-corrected chi connectivity index (χ4v) is 1.79. The third-order valence-electron chi connectivity index (χ3n) is 2.70. The van der Waals surface area contributed by atoms with Crippen LogP contribution in [0.2, 0.25) is 0 Å².